The van der Waals surface area contributed by atoms with Crippen LogP contribution in [0.15, 0.2) is 49.2 Å². The van der Waals surface area contributed by atoms with Crippen molar-refractivity contribution in [2.24, 2.45) is 5.10 Å². The van der Waals surface area contributed by atoms with E-state index < -0.39 is 0 Å². The zero-order valence-electron chi connectivity index (χ0n) is 16.2. The predicted octanol–water partition coefficient (Wildman–Crippen LogP) is 6.37. The van der Waals surface area contributed by atoms with Crippen LogP contribution in [0.2, 0.25) is 5.02 Å². The fourth-order valence-electron chi connectivity index (χ4n) is 2.84. The first kappa shape index (κ1) is 22.0. The quantitative estimate of drug-likeness (QED) is 0.341. The van der Waals surface area contributed by atoms with Crippen LogP contribution >= 0.6 is 43.5 Å². The normalized spacial score (nSPS) is 12.6. The molecule has 0 saturated heterocycles. The molecule has 0 spiro atoms. The second kappa shape index (κ2) is 9.41. The monoisotopic (exact) mass is 539 g/mol. The second-order valence-electron chi connectivity index (χ2n) is 6.55. The summed E-state index contributed by atoms with van der Waals surface area (Å²) in [6, 6.07) is 9.08. The van der Waals surface area contributed by atoms with Gasteiger partial charge in [0.2, 0.25) is 0 Å². The van der Waals surface area contributed by atoms with Crippen molar-refractivity contribution in [2.75, 3.05) is 6.61 Å². The maximum absolute atomic E-state index is 13.1. The van der Waals surface area contributed by atoms with Crippen LogP contribution in [0.4, 0.5) is 0 Å². The van der Waals surface area contributed by atoms with Gasteiger partial charge < -0.3 is 4.74 Å². The lowest BCUT2D eigenvalue weighted by atomic mass is 10.1. The lowest BCUT2D eigenvalue weighted by Crippen LogP contribution is -2.23. The lowest BCUT2D eigenvalue weighted by Gasteiger charge is -2.14. The number of aromatic nitrogens is 2. The van der Waals surface area contributed by atoms with Gasteiger partial charge in [0.15, 0.2) is 5.75 Å². The first-order chi connectivity index (χ1) is 13.8. The number of nitrogens with zero attached hydrogens (tertiary/aromatic N) is 3. The molecule has 0 aliphatic carbocycles. The fraction of sp³-hybridized carbons (Fsp3) is 0.286. The highest BCUT2D eigenvalue weighted by molar-refractivity contribution is 9.10. The van der Waals surface area contributed by atoms with Crippen molar-refractivity contribution in [3.63, 3.8) is 0 Å². The summed E-state index contributed by atoms with van der Waals surface area (Å²) in [5.74, 6) is 1.28. The van der Waals surface area contributed by atoms with Gasteiger partial charge in [-0.05, 0) is 65.2 Å². The van der Waals surface area contributed by atoms with Gasteiger partial charge in [-0.3, -0.25) is 4.79 Å². The minimum Gasteiger partial charge on any atom is -0.491 e. The zero-order valence-corrected chi connectivity index (χ0v) is 20.2. The Hall–Kier alpha value is -1.70. The summed E-state index contributed by atoms with van der Waals surface area (Å²) in [7, 11) is 0. The van der Waals surface area contributed by atoms with Crippen LogP contribution in [-0.2, 0) is 0 Å². The van der Waals surface area contributed by atoms with Gasteiger partial charge in [-0.25, -0.2) is 4.98 Å². The van der Waals surface area contributed by atoms with Gasteiger partial charge in [-0.1, -0.05) is 41.4 Å². The summed E-state index contributed by atoms with van der Waals surface area (Å²) < 4.78 is 8.45. The van der Waals surface area contributed by atoms with Crippen LogP contribution in [0, 0.1) is 0 Å². The molecule has 1 heterocycles. The molecule has 1 atom stereocenters. The van der Waals surface area contributed by atoms with Crippen molar-refractivity contribution in [1.29, 1.82) is 0 Å². The van der Waals surface area contributed by atoms with E-state index in [-0.39, 0.29) is 11.5 Å². The standard InChI is InChI=1S/C21H20Br2ClN3O2/c1-4-12(3)20-26-18-7-6-14(22)10-15(18)21(28)27(20)25-11-13-8-16(23)19(29-5-2)17(24)9-13/h6-12H,4-5H2,1-3H3/t12-/m1/s1. The Morgan fingerprint density at radius 1 is 1.28 bits per heavy atom. The molecular formula is C21H20Br2ClN3O2. The predicted molar refractivity (Wildman–Crippen MR) is 126 cm³/mol. The highest BCUT2D eigenvalue weighted by Gasteiger charge is 2.16. The topological polar surface area (TPSA) is 56.5 Å². The Bertz CT molecular complexity index is 1120. The van der Waals surface area contributed by atoms with Gasteiger partial charge in [0, 0.05) is 10.4 Å². The van der Waals surface area contributed by atoms with Gasteiger partial charge in [0.1, 0.15) is 5.82 Å². The van der Waals surface area contributed by atoms with Crippen LogP contribution in [0.25, 0.3) is 10.9 Å². The summed E-state index contributed by atoms with van der Waals surface area (Å²) in [4.78, 5) is 17.9. The Labute approximate surface area is 191 Å². The summed E-state index contributed by atoms with van der Waals surface area (Å²) >= 11 is 13.2. The van der Waals surface area contributed by atoms with Crippen LogP contribution in [0.5, 0.6) is 5.75 Å². The molecule has 0 N–H and O–H groups in total. The summed E-state index contributed by atoms with van der Waals surface area (Å²) in [5, 5.41) is 5.44. The average molecular weight is 542 g/mol. The molecule has 0 saturated carbocycles. The number of hydrogen-bond donors (Lipinski definition) is 0. The molecule has 29 heavy (non-hydrogen) atoms. The largest absolute Gasteiger partial charge is 0.491 e. The van der Waals surface area contributed by atoms with Crippen molar-refractivity contribution in [3.05, 3.63) is 66.0 Å². The van der Waals surface area contributed by atoms with E-state index in [2.05, 4.69) is 43.9 Å². The molecular weight excluding hydrogens is 522 g/mol. The van der Waals surface area contributed by atoms with E-state index in [0.717, 1.165) is 20.9 Å². The van der Waals surface area contributed by atoms with Crippen LogP contribution in [0.1, 0.15) is 44.5 Å². The molecule has 152 valence electrons. The maximum Gasteiger partial charge on any atom is 0.282 e. The third-order valence-electron chi connectivity index (χ3n) is 4.52. The summed E-state index contributed by atoms with van der Waals surface area (Å²) in [5.41, 5.74) is 1.19. The number of benzene rings is 2. The van der Waals surface area contributed by atoms with Crippen LogP contribution in [0.3, 0.4) is 0 Å². The summed E-state index contributed by atoms with van der Waals surface area (Å²) in [6.45, 7) is 6.49. The minimum atomic E-state index is -0.209. The Balaban J connectivity index is 2.13. The van der Waals surface area contributed by atoms with E-state index in [1.165, 1.54) is 4.68 Å². The van der Waals surface area contributed by atoms with E-state index in [4.69, 9.17) is 21.3 Å². The van der Waals surface area contributed by atoms with Crippen molar-refractivity contribution in [1.82, 2.24) is 9.66 Å². The smallest absolute Gasteiger partial charge is 0.282 e. The molecule has 8 heteroatoms. The van der Waals surface area contributed by atoms with Crippen LogP contribution < -0.4 is 10.3 Å². The van der Waals surface area contributed by atoms with Gasteiger partial charge in [0.05, 0.1) is 33.2 Å². The molecule has 2 aromatic carbocycles. The SMILES string of the molecule is CCOc1c(Cl)cc(C=Nn2c([C@H](C)CC)nc3ccc(Br)cc3c2=O)cc1Br. The minimum absolute atomic E-state index is 0.0727. The van der Waals surface area contributed by atoms with Gasteiger partial charge in [0.25, 0.3) is 5.56 Å². The molecule has 5 nitrogen and oxygen atoms in total. The Morgan fingerprint density at radius 2 is 2.03 bits per heavy atom. The fourth-order valence-corrected chi connectivity index (χ4v) is 4.19. The third kappa shape index (κ3) is 4.73. The number of ether oxygens (including phenoxy) is 1. The molecule has 0 radical (unpaired) electrons. The van der Waals surface area contributed by atoms with Crippen LogP contribution in [-0.4, -0.2) is 22.5 Å². The van der Waals surface area contributed by atoms with Crippen molar-refractivity contribution < 1.29 is 4.74 Å². The van der Waals surface area contributed by atoms with E-state index >= 15 is 0 Å². The van der Waals surface area contributed by atoms with E-state index in [9.17, 15) is 4.79 Å². The molecule has 0 bridgehead atoms. The maximum atomic E-state index is 13.1. The molecule has 0 amide bonds. The average Bonchev–Trinajstić information content (AvgIpc) is 2.69. The number of fused-ring (bicyclic) bond motifs is 1. The molecule has 0 fully saturated rings. The first-order valence-corrected chi connectivity index (χ1v) is 11.2. The highest BCUT2D eigenvalue weighted by Crippen LogP contribution is 2.34. The van der Waals surface area contributed by atoms with E-state index in [1.54, 1.807) is 18.3 Å². The van der Waals surface area contributed by atoms with Crippen molar-refractivity contribution in [3.8, 4) is 5.75 Å². The molecule has 3 rings (SSSR count). The Morgan fingerprint density at radius 3 is 2.69 bits per heavy atom. The first-order valence-electron chi connectivity index (χ1n) is 9.24. The molecule has 0 unspecified atom stereocenters. The van der Waals surface area contributed by atoms with Crippen molar-refractivity contribution in [2.45, 2.75) is 33.1 Å². The number of hydrogen-bond acceptors (Lipinski definition) is 4. The number of halogens is 3. The van der Waals surface area contributed by atoms with Crippen molar-refractivity contribution >= 4 is 60.6 Å². The highest BCUT2D eigenvalue weighted by atomic mass is 79.9. The molecule has 1 aromatic heterocycles. The van der Waals surface area contributed by atoms with Gasteiger partial charge in [-0.15, -0.1) is 0 Å². The molecule has 0 aliphatic rings. The van der Waals surface area contributed by atoms with E-state index in [1.807, 2.05) is 32.0 Å². The van der Waals surface area contributed by atoms with Gasteiger partial charge >= 0.3 is 0 Å². The molecule has 3 aromatic rings. The third-order valence-corrected chi connectivity index (χ3v) is 5.88. The van der Waals surface area contributed by atoms with E-state index in [0.29, 0.717) is 34.1 Å². The van der Waals surface area contributed by atoms with Gasteiger partial charge in [-0.2, -0.15) is 9.78 Å². The number of rotatable bonds is 6. The summed E-state index contributed by atoms with van der Waals surface area (Å²) in [6.07, 6.45) is 2.44. The molecule has 0 aliphatic heterocycles. The second-order valence-corrected chi connectivity index (χ2v) is 8.73. The Kier molecular flexibility index (Phi) is 7.14. The lowest BCUT2D eigenvalue weighted by molar-refractivity contribution is 0.338. The zero-order chi connectivity index (χ0) is 21.1.